The highest BCUT2D eigenvalue weighted by atomic mass is 127. The Morgan fingerprint density at radius 2 is 0.947 bits per heavy atom. The van der Waals surface area contributed by atoms with Crippen molar-refractivity contribution in [2.45, 2.75) is 65.2 Å². The van der Waals surface area contributed by atoms with Crippen LogP contribution in [0.5, 0.6) is 11.5 Å². The van der Waals surface area contributed by atoms with E-state index in [1.807, 2.05) is 0 Å². The maximum atomic E-state index is 6.45. The summed E-state index contributed by atoms with van der Waals surface area (Å²) in [6.45, 7) is 14.8. The Kier molecular flexibility index (Phi) is 13.2. The first-order chi connectivity index (χ1) is 18.4. The van der Waals surface area contributed by atoms with E-state index in [0.717, 1.165) is 57.7 Å². The molecule has 0 heterocycles. The molecule has 2 nitrogen and oxygen atoms in total. The molecule has 0 atom stereocenters. The highest BCUT2D eigenvalue weighted by Crippen LogP contribution is 2.40. The fourth-order valence-corrected chi connectivity index (χ4v) is 5.02. The summed E-state index contributed by atoms with van der Waals surface area (Å²) in [6.07, 6.45) is 9.28. The van der Waals surface area contributed by atoms with Crippen LogP contribution >= 0.6 is 45.2 Å². The summed E-state index contributed by atoms with van der Waals surface area (Å²) >= 11 is 4.67. The van der Waals surface area contributed by atoms with Crippen molar-refractivity contribution in [3.05, 3.63) is 103 Å². The Hall–Kier alpha value is -1.80. The van der Waals surface area contributed by atoms with E-state index in [1.54, 1.807) is 0 Å². The molecule has 0 amide bonds. The zero-order valence-electron chi connectivity index (χ0n) is 22.8. The predicted octanol–water partition coefficient (Wildman–Crippen LogP) is 10.9. The fourth-order valence-electron chi connectivity index (χ4n) is 4.31. The molecule has 0 aliphatic heterocycles. The van der Waals surface area contributed by atoms with Crippen LogP contribution in [0.3, 0.4) is 0 Å². The molecule has 0 unspecified atom stereocenters. The van der Waals surface area contributed by atoms with Crippen LogP contribution in [0.25, 0.3) is 11.1 Å². The van der Waals surface area contributed by atoms with Crippen molar-refractivity contribution in [1.29, 1.82) is 0 Å². The molecule has 3 rings (SSSR count). The largest absolute Gasteiger partial charge is 0.493 e. The highest BCUT2D eigenvalue weighted by Gasteiger charge is 2.18. The first kappa shape index (κ1) is 30.7. The zero-order chi connectivity index (χ0) is 27.3. The Labute approximate surface area is 257 Å². The third-order valence-electron chi connectivity index (χ3n) is 6.63. The lowest BCUT2D eigenvalue weighted by molar-refractivity contribution is 0.295. The summed E-state index contributed by atoms with van der Waals surface area (Å²) in [5.41, 5.74) is 5.99. The van der Waals surface area contributed by atoms with Crippen molar-refractivity contribution in [3.63, 3.8) is 0 Å². The van der Waals surface area contributed by atoms with E-state index in [0.29, 0.717) is 13.2 Å². The first-order valence-electron chi connectivity index (χ1n) is 13.8. The Balaban J connectivity index is 2.02. The van der Waals surface area contributed by atoms with E-state index < -0.39 is 0 Å². The monoisotopic (exact) mass is 734 g/mol. The Morgan fingerprint density at radius 1 is 0.579 bits per heavy atom. The second-order valence-electron chi connectivity index (χ2n) is 9.63. The van der Waals surface area contributed by atoms with Crippen LogP contribution in [0.2, 0.25) is 0 Å². The number of ether oxygens (including phenoxy) is 2. The molecule has 202 valence electrons. The van der Waals surface area contributed by atoms with Gasteiger partial charge in [0, 0.05) is 18.3 Å². The molecule has 38 heavy (non-hydrogen) atoms. The standard InChI is InChI=1S/C34H40I2O2/c1-5-7-9-11-21-37-33-23-32(26(4)28-15-19-30(36)20-16-28)34(38-22-12-10-8-6-2)24-31(33)25(3)27-13-17-29(35)18-14-27/h13-20,23-24H,3-12,21-22H2,1-2H3. The summed E-state index contributed by atoms with van der Waals surface area (Å²) < 4.78 is 15.3. The molecule has 0 fully saturated rings. The van der Waals surface area contributed by atoms with Crippen molar-refractivity contribution < 1.29 is 9.47 Å². The summed E-state index contributed by atoms with van der Waals surface area (Å²) in [5.74, 6) is 1.68. The quantitative estimate of drug-likeness (QED) is 0.108. The van der Waals surface area contributed by atoms with Gasteiger partial charge in [0.25, 0.3) is 0 Å². The van der Waals surface area contributed by atoms with Crippen molar-refractivity contribution in [2.24, 2.45) is 0 Å². The predicted molar refractivity (Wildman–Crippen MR) is 180 cm³/mol. The van der Waals surface area contributed by atoms with Crippen molar-refractivity contribution in [2.75, 3.05) is 13.2 Å². The lowest BCUT2D eigenvalue weighted by Gasteiger charge is -2.20. The molecule has 0 saturated heterocycles. The Bertz CT molecular complexity index is 1090. The van der Waals surface area contributed by atoms with Gasteiger partial charge in [-0.3, -0.25) is 0 Å². The maximum absolute atomic E-state index is 6.45. The topological polar surface area (TPSA) is 18.5 Å². The second-order valence-corrected chi connectivity index (χ2v) is 12.1. The molecule has 3 aromatic carbocycles. The smallest absolute Gasteiger partial charge is 0.128 e. The maximum Gasteiger partial charge on any atom is 0.128 e. The third-order valence-corrected chi connectivity index (χ3v) is 8.07. The molecule has 0 aliphatic carbocycles. The van der Waals surface area contributed by atoms with Crippen LogP contribution in [0, 0.1) is 7.14 Å². The number of unbranched alkanes of at least 4 members (excludes halogenated alkanes) is 6. The van der Waals surface area contributed by atoms with E-state index >= 15 is 0 Å². The van der Waals surface area contributed by atoms with E-state index in [2.05, 4.69) is 133 Å². The molecule has 0 bridgehead atoms. The van der Waals surface area contributed by atoms with Crippen LogP contribution < -0.4 is 9.47 Å². The van der Waals surface area contributed by atoms with Crippen LogP contribution in [0.4, 0.5) is 0 Å². The van der Waals surface area contributed by atoms with Crippen LogP contribution in [0.1, 0.15) is 87.5 Å². The molecule has 0 N–H and O–H groups in total. The van der Waals surface area contributed by atoms with Crippen molar-refractivity contribution in [3.8, 4) is 11.5 Å². The first-order valence-corrected chi connectivity index (χ1v) is 15.9. The highest BCUT2D eigenvalue weighted by molar-refractivity contribution is 14.1. The summed E-state index contributed by atoms with van der Waals surface area (Å²) in [6, 6.07) is 21.2. The molecule has 0 radical (unpaired) electrons. The van der Waals surface area contributed by atoms with Gasteiger partial charge in [0.2, 0.25) is 0 Å². The second kappa shape index (κ2) is 16.3. The van der Waals surface area contributed by atoms with Gasteiger partial charge in [-0.15, -0.1) is 0 Å². The van der Waals surface area contributed by atoms with Gasteiger partial charge in [-0.2, -0.15) is 0 Å². The van der Waals surface area contributed by atoms with Gasteiger partial charge in [-0.1, -0.05) is 89.8 Å². The average Bonchev–Trinajstić information content (AvgIpc) is 2.93. The van der Waals surface area contributed by atoms with Gasteiger partial charge in [0.15, 0.2) is 0 Å². The minimum Gasteiger partial charge on any atom is -0.493 e. The zero-order valence-corrected chi connectivity index (χ0v) is 27.1. The number of rotatable bonds is 16. The molecular weight excluding hydrogens is 694 g/mol. The molecule has 0 saturated carbocycles. The number of hydrogen-bond acceptors (Lipinski definition) is 2. The minimum absolute atomic E-state index is 0.680. The minimum atomic E-state index is 0.680. The fraction of sp³-hybridized carbons (Fsp3) is 0.353. The van der Waals surface area contributed by atoms with Gasteiger partial charge in [-0.25, -0.2) is 0 Å². The lowest BCUT2D eigenvalue weighted by Crippen LogP contribution is -2.05. The van der Waals surface area contributed by atoms with Crippen LogP contribution in [-0.2, 0) is 0 Å². The molecule has 0 spiro atoms. The van der Waals surface area contributed by atoms with Gasteiger partial charge in [-0.05, 0) is 117 Å². The van der Waals surface area contributed by atoms with Crippen LogP contribution in [0.15, 0.2) is 73.8 Å². The summed E-state index contributed by atoms with van der Waals surface area (Å²) in [5, 5.41) is 0. The number of hydrogen-bond donors (Lipinski definition) is 0. The normalized spacial score (nSPS) is 10.8. The third kappa shape index (κ3) is 9.15. The summed E-state index contributed by atoms with van der Waals surface area (Å²) in [4.78, 5) is 0. The number of benzene rings is 3. The lowest BCUT2D eigenvalue weighted by atomic mass is 9.93. The van der Waals surface area contributed by atoms with Gasteiger partial charge in [0.05, 0.1) is 13.2 Å². The van der Waals surface area contributed by atoms with E-state index in [1.165, 1.54) is 45.7 Å². The number of halogens is 2. The van der Waals surface area contributed by atoms with E-state index in [4.69, 9.17) is 9.47 Å². The van der Waals surface area contributed by atoms with Gasteiger partial charge >= 0.3 is 0 Å². The average molecular weight is 734 g/mol. The summed E-state index contributed by atoms with van der Waals surface area (Å²) in [7, 11) is 0. The van der Waals surface area contributed by atoms with E-state index in [9.17, 15) is 0 Å². The molecule has 3 aromatic rings. The molecule has 4 heteroatoms. The van der Waals surface area contributed by atoms with Crippen LogP contribution in [-0.4, -0.2) is 13.2 Å². The Morgan fingerprint density at radius 3 is 1.29 bits per heavy atom. The molecule has 0 aromatic heterocycles. The SMILES string of the molecule is C=C(c1ccc(I)cc1)c1cc(OCCCCCC)c(C(=C)c2ccc(I)cc2)cc1OCCCCCC. The molecular formula is C34H40I2O2. The van der Waals surface area contributed by atoms with Gasteiger partial charge < -0.3 is 9.47 Å². The van der Waals surface area contributed by atoms with Gasteiger partial charge in [0.1, 0.15) is 11.5 Å². The van der Waals surface area contributed by atoms with Crippen molar-refractivity contribution in [1.82, 2.24) is 0 Å². The van der Waals surface area contributed by atoms with Crippen molar-refractivity contribution >= 4 is 56.3 Å². The molecule has 0 aliphatic rings. The van der Waals surface area contributed by atoms with E-state index in [-0.39, 0.29) is 0 Å².